The first-order valence-electron chi connectivity index (χ1n) is 6.87. The van der Waals surface area contributed by atoms with Crippen LogP contribution in [0.4, 0.5) is 18.9 Å². The topological polar surface area (TPSA) is 58.2 Å². The molecule has 2 rings (SSSR count). The Balaban J connectivity index is 2.04. The Morgan fingerprint density at radius 2 is 1.68 bits per heavy atom. The van der Waals surface area contributed by atoms with Gasteiger partial charge in [0, 0.05) is 15.7 Å². The second-order valence-corrected chi connectivity index (χ2v) is 6.28. The highest BCUT2D eigenvalue weighted by Gasteiger charge is 2.27. The Labute approximate surface area is 154 Å². The van der Waals surface area contributed by atoms with Crippen LogP contribution in [0.2, 0.25) is 5.02 Å². The smallest absolute Gasteiger partial charge is 0.343 e. The predicted octanol–water partition coefficient (Wildman–Crippen LogP) is 4.65. The number of anilines is 1. The van der Waals surface area contributed by atoms with Crippen LogP contribution in [0, 0.1) is 0 Å². The van der Waals surface area contributed by atoms with Crippen LogP contribution in [0.1, 0.15) is 20.7 Å². The molecule has 0 unspecified atom stereocenters. The van der Waals surface area contributed by atoms with Crippen molar-refractivity contribution in [2.45, 2.75) is 6.18 Å². The van der Waals surface area contributed by atoms with E-state index in [-0.39, 0.29) is 16.1 Å². The first kappa shape index (κ1) is 19.3. The number of amides is 2. The van der Waals surface area contributed by atoms with E-state index >= 15 is 0 Å². The summed E-state index contributed by atoms with van der Waals surface area (Å²) in [6, 6.07) is 10.2. The van der Waals surface area contributed by atoms with Crippen LogP contribution in [-0.4, -0.2) is 24.5 Å². The molecule has 2 aromatic rings. The summed E-state index contributed by atoms with van der Waals surface area (Å²) in [5.74, 6) is -1.31. The van der Waals surface area contributed by atoms with Crippen LogP contribution in [0.25, 0.3) is 0 Å². The lowest BCUT2D eigenvalue weighted by Gasteiger charge is -2.10. The van der Waals surface area contributed by atoms with Crippen molar-refractivity contribution in [2.24, 2.45) is 0 Å². The van der Waals surface area contributed by atoms with Crippen LogP contribution >= 0.6 is 27.5 Å². The normalized spacial score (nSPS) is 11.1. The van der Waals surface area contributed by atoms with Gasteiger partial charge in [-0.3, -0.25) is 9.59 Å². The quantitative estimate of drug-likeness (QED) is 0.735. The summed E-state index contributed by atoms with van der Waals surface area (Å²) >= 11 is 9.21. The molecule has 0 saturated carbocycles. The molecule has 0 spiro atoms. The zero-order chi connectivity index (χ0) is 18.6. The molecule has 0 aliphatic heterocycles. The molecule has 0 radical (unpaired) electrons. The number of benzene rings is 2. The number of carbonyl (C=O) groups is 2. The summed E-state index contributed by atoms with van der Waals surface area (Å²) in [7, 11) is 0. The van der Waals surface area contributed by atoms with E-state index in [1.165, 1.54) is 24.3 Å². The third-order valence-corrected chi connectivity index (χ3v) is 3.85. The number of alkyl halides is 3. The minimum absolute atomic E-state index is 0.0442. The molecule has 2 amide bonds. The van der Waals surface area contributed by atoms with Crippen LogP contribution in [0.15, 0.2) is 46.9 Å². The zero-order valence-electron chi connectivity index (χ0n) is 12.5. The first-order valence-corrected chi connectivity index (χ1v) is 8.04. The van der Waals surface area contributed by atoms with Gasteiger partial charge in [-0.05, 0) is 42.5 Å². The van der Waals surface area contributed by atoms with Gasteiger partial charge in [-0.1, -0.05) is 27.5 Å². The molecule has 4 nitrogen and oxygen atoms in total. The Bertz CT molecular complexity index is 795. The standard InChI is InChI=1S/C16H11BrClF3N2O2/c17-10-3-6-13(18)12(7-10)15(25)23-11-4-1-9(2-5-11)14(24)22-8-16(19,20)21/h1-7H,8H2,(H,22,24)(H,23,25). The molecular formula is C16H11BrClF3N2O2. The summed E-state index contributed by atoms with van der Waals surface area (Å²) in [5, 5.41) is 4.62. The number of halogens is 5. The first-order chi connectivity index (χ1) is 11.7. The number of nitrogens with one attached hydrogen (secondary N) is 2. The molecule has 0 atom stereocenters. The van der Waals surface area contributed by atoms with E-state index in [0.717, 1.165) is 0 Å². The highest BCUT2D eigenvalue weighted by molar-refractivity contribution is 9.10. The van der Waals surface area contributed by atoms with Crippen LogP contribution < -0.4 is 10.6 Å². The molecule has 25 heavy (non-hydrogen) atoms. The molecular weight excluding hydrogens is 425 g/mol. The van der Waals surface area contributed by atoms with E-state index in [9.17, 15) is 22.8 Å². The van der Waals surface area contributed by atoms with E-state index in [1.54, 1.807) is 23.5 Å². The largest absolute Gasteiger partial charge is 0.405 e. The summed E-state index contributed by atoms with van der Waals surface area (Å²) in [4.78, 5) is 23.8. The van der Waals surface area contributed by atoms with Crippen LogP contribution in [0.3, 0.4) is 0 Å². The lowest BCUT2D eigenvalue weighted by molar-refractivity contribution is -0.123. The molecule has 2 N–H and O–H groups in total. The third-order valence-electron chi connectivity index (χ3n) is 3.03. The fourth-order valence-electron chi connectivity index (χ4n) is 1.86. The SMILES string of the molecule is O=C(NCC(F)(F)F)c1ccc(NC(=O)c2cc(Br)ccc2Cl)cc1. The van der Waals surface area contributed by atoms with Gasteiger partial charge in [0.1, 0.15) is 6.54 Å². The van der Waals surface area contributed by atoms with Gasteiger partial charge < -0.3 is 10.6 Å². The lowest BCUT2D eigenvalue weighted by Crippen LogP contribution is -2.33. The summed E-state index contributed by atoms with van der Waals surface area (Å²) in [6.07, 6.45) is -4.48. The van der Waals surface area contributed by atoms with Crippen molar-refractivity contribution in [3.63, 3.8) is 0 Å². The Hall–Kier alpha value is -2.06. The van der Waals surface area contributed by atoms with E-state index in [1.807, 2.05) is 0 Å². The average molecular weight is 436 g/mol. The maximum atomic E-state index is 12.2. The van der Waals surface area contributed by atoms with E-state index in [0.29, 0.717) is 10.2 Å². The highest BCUT2D eigenvalue weighted by atomic mass is 79.9. The average Bonchev–Trinajstić information content (AvgIpc) is 2.54. The van der Waals surface area contributed by atoms with Crippen molar-refractivity contribution in [1.82, 2.24) is 5.32 Å². The summed E-state index contributed by atoms with van der Waals surface area (Å²) in [5.41, 5.74) is 0.666. The number of carbonyl (C=O) groups excluding carboxylic acids is 2. The van der Waals surface area contributed by atoms with Gasteiger partial charge in [-0.25, -0.2) is 0 Å². The van der Waals surface area contributed by atoms with Crippen LogP contribution in [0.5, 0.6) is 0 Å². The van der Waals surface area contributed by atoms with Crippen molar-refractivity contribution >= 4 is 45.0 Å². The van der Waals surface area contributed by atoms with Gasteiger partial charge in [0.25, 0.3) is 11.8 Å². The second-order valence-electron chi connectivity index (χ2n) is 4.95. The van der Waals surface area contributed by atoms with Crippen molar-refractivity contribution in [2.75, 3.05) is 11.9 Å². The third kappa shape index (κ3) is 5.75. The molecule has 0 fully saturated rings. The lowest BCUT2D eigenvalue weighted by atomic mass is 10.1. The molecule has 0 bridgehead atoms. The molecule has 2 aromatic carbocycles. The minimum atomic E-state index is -4.48. The number of rotatable bonds is 4. The van der Waals surface area contributed by atoms with E-state index in [4.69, 9.17) is 11.6 Å². The van der Waals surface area contributed by atoms with Gasteiger partial charge in [-0.2, -0.15) is 13.2 Å². The van der Waals surface area contributed by atoms with Crippen LogP contribution in [-0.2, 0) is 0 Å². The second kappa shape index (κ2) is 7.88. The molecule has 0 heterocycles. The van der Waals surface area contributed by atoms with Gasteiger partial charge in [0.15, 0.2) is 0 Å². The molecule has 9 heteroatoms. The van der Waals surface area contributed by atoms with Crippen molar-refractivity contribution in [3.8, 4) is 0 Å². The van der Waals surface area contributed by atoms with Gasteiger partial charge in [0.2, 0.25) is 0 Å². The van der Waals surface area contributed by atoms with E-state index < -0.39 is 24.5 Å². The van der Waals surface area contributed by atoms with Crippen molar-refractivity contribution in [3.05, 3.63) is 63.1 Å². The summed E-state index contributed by atoms with van der Waals surface area (Å²) < 4.78 is 36.9. The molecule has 0 aliphatic rings. The van der Waals surface area contributed by atoms with Crippen molar-refractivity contribution < 1.29 is 22.8 Å². The molecule has 0 aliphatic carbocycles. The molecule has 0 aromatic heterocycles. The fourth-order valence-corrected chi connectivity index (χ4v) is 2.42. The van der Waals surface area contributed by atoms with Crippen molar-refractivity contribution in [1.29, 1.82) is 0 Å². The van der Waals surface area contributed by atoms with Gasteiger partial charge in [0.05, 0.1) is 10.6 Å². The highest BCUT2D eigenvalue weighted by Crippen LogP contribution is 2.22. The Morgan fingerprint density at radius 3 is 2.28 bits per heavy atom. The predicted molar refractivity (Wildman–Crippen MR) is 91.9 cm³/mol. The maximum Gasteiger partial charge on any atom is 0.405 e. The number of hydrogen-bond donors (Lipinski definition) is 2. The molecule has 0 saturated heterocycles. The monoisotopic (exact) mass is 434 g/mol. The minimum Gasteiger partial charge on any atom is -0.343 e. The van der Waals surface area contributed by atoms with Gasteiger partial charge in [-0.15, -0.1) is 0 Å². The molecule has 132 valence electrons. The Kier molecular flexibility index (Phi) is 6.07. The maximum absolute atomic E-state index is 12.2. The Morgan fingerprint density at radius 1 is 1.04 bits per heavy atom. The van der Waals surface area contributed by atoms with Gasteiger partial charge >= 0.3 is 6.18 Å². The fraction of sp³-hybridized carbons (Fsp3) is 0.125. The zero-order valence-corrected chi connectivity index (χ0v) is 14.8. The summed E-state index contributed by atoms with van der Waals surface area (Å²) in [6.45, 7) is -1.41. The van der Waals surface area contributed by atoms with E-state index in [2.05, 4.69) is 21.2 Å². The number of hydrogen-bond acceptors (Lipinski definition) is 2.